The van der Waals surface area contributed by atoms with Crippen LogP contribution >= 0.6 is 11.3 Å². The van der Waals surface area contributed by atoms with Crippen LogP contribution in [-0.4, -0.2) is 5.78 Å². The molecular formula is C13H20OS. The van der Waals surface area contributed by atoms with Crippen molar-refractivity contribution >= 4 is 17.1 Å². The third-order valence-corrected chi connectivity index (χ3v) is 3.39. The van der Waals surface area contributed by atoms with Gasteiger partial charge in [0.2, 0.25) is 0 Å². The van der Waals surface area contributed by atoms with Gasteiger partial charge in [-0.25, -0.2) is 0 Å². The number of carbonyl (C=O) groups is 1. The molecule has 0 amide bonds. The first-order valence-corrected chi connectivity index (χ1v) is 6.75. The Labute approximate surface area is 96.5 Å². The molecule has 0 fully saturated rings. The predicted molar refractivity (Wildman–Crippen MR) is 66.4 cm³/mol. The van der Waals surface area contributed by atoms with Crippen molar-refractivity contribution in [3.8, 4) is 0 Å². The summed E-state index contributed by atoms with van der Waals surface area (Å²) in [5.41, 5.74) is 0. The summed E-state index contributed by atoms with van der Waals surface area (Å²) in [4.78, 5) is 12.8. The van der Waals surface area contributed by atoms with Gasteiger partial charge in [-0.05, 0) is 17.9 Å². The van der Waals surface area contributed by atoms with Crippen LogP contribution in [0.15, 0.2) is 17.5 Å². The first kappa shape index (κ1) is 12.4. The Hall–Kier alpha value is -0.630. The first-order valence-electron chi connectivity index (χ1n) is 5.87. The lowest BCUT2D eigenvalue weighted by atomic mass is 10.1. The van der Waals surface area contributed by atoms with Gasteiger partial charge in [0.25, 0.3) is 0 Å². The van der Waals surface area contributed by atoms with E-state index >= 15 is 0 Å². The van der Waals surface area contributed by atoms with E-state index < -0.39 is 0 Å². The Kier molecular flexibility index (Phi) is 6.33. The number of ketones is 1. The molecule has 1 aromatic rings. The SMILES string of the molecule is CCCCCCCC(=O)Cc1cccs1. The molecule has 0 radical (unpaired) electrons. The van der Waals surface area contributed by atoms with E-state index in [0.717, 1.165) is 12.8 Å². The Balaban J connectivity index is 2.04. The zero-order valence-corrected chi connectivity index (χ0v) is 10.3. The third-order valence-electron chi connectivity index (χ3n) is 2.51. The van der Waals surface area contributed by atoms with E-state index in [1.165, 1.54) is 30.6 Å². The zero-order chi connectivity index (χ0) is 10.9. The Morgan fingerprint density at radius 3 is 2.73 bits per heavy atom. The lowest BCUT2D eigenvalue weighted by Gasteiger charge is -1.99. The van der Waals surface area contributed by atoms with E-state index in [0.29, 0.717) is 12.2 Å². The highest BCUT2D eigenvalue weighted by Gasteiger charge is 2.03. The number of rotatable bonds is 8. The number of unbranched alkanes of at least 4 members (excludes halogenated alkanes) is 4. The molecule has 0 atom stereocenters. The van der Waals surface area contributed by atoms with Gasteiger partial charge in [-0.2, -0.15) is 0 Å². The lowest BCUT2D eigenvalue weighted by molar-refractivity contribution is -0.118. The van der Waals surface area contributed by atoms with Crippen molar-refractivity contribution in [1.82, 2.24) is 0 Å². The van der Waals surface area contributed by atoms with E-state index in [1.807, 2.05) is 17.5 Å². The van der Waals surface area contributed by atoms with E-state index in [-0.39, 0.29) is 0 Å². The van der Waals surface area contributed by atoms with Crippen molar-refractivity contribution in [2.75, 3.05) is 0 Å². The third kappa shape index (κ3) is 5.73. The Bertz CT molecular complexity index is 264. The molecular weight excluding hydrogens is 204 g/mol. The highest BCUT2D eigenvalue weighted by molar-refractivity contribution is 7.10. The predicted octanol–water partition coefficient (Wildman–Crippen LogP) is 4.22. The van der Waals surface area contributed by atoms with Crippen LogP contribution in [-0.2, 0) is 11.2 Å². The molecule has 0 aromatic carbocycles. The van der Waals surface area contributed by atoms with Crippen LogP contribution in [0.4, 0.5) is 0 Å². The molecule has 0 aliphatic carbocycles. The molecule has 0 unspecified atom stereocenters. The molecule has 0 N–H and O–H groups in total. The normalized spacial score (nSPS) is 10.5. The van der Waals surface area contributed by atoms with Crippen LogP contribution < -0.4 is 0 Å². The number of Topliss-reactive ketones (excluding diaryl/α,β-unsaturated/α-hetero) is 1. The summed E-state index contributed by atoms with van der Waals surface area (Å²) >= 11 is 1.68. The van der Waals surface area contributed by atoms with Crippen molar-refractivity contribution in [2.45, 2.75) is 51.9 Å². The van der Waals surface area contributed by atoms with Crippen LogP contribution in [0, 0.1) is 0 Å². The van der Waals surface area contributed by atoms with Crippen LogP contribution in [0.2, 0.25) is 0 Å². The molecule has 0 spiro atoms. The number of hydrogen-bond donors (Lipinski definition) is 0. The summed E-state index contributed by atoms with van der Waals surface area (Å²) in [6, 6.07) is 4.05. The monoisotopic (exact) mass is 224 g/mol. The molecule has 1 rings (SSSR count). The molecule has 0 saturated carbocycles. The van der Waals surface area contributed by atoms with Gasteiger partial charge in [0, 0.05) is 17.7 Å². The topological polar surface area (TPSA) is 17.1 Å². The minimum Gasteiger partial charge on any atom is -0.299 e. The standard InChI is InChI=1S/C13H20OS/c1-2-3-4-5-6-8-12(14)11-13-9-7-10-15-13/h7,9-10H,2-6,8,11H2,1H3. The maximum Gasteiger partial charge on any atom is 0.138 e. The smallest absolute Gasteiger partial charge is 0.138 e. The van der Waals surface area contributed by atoms with Gasteiger partial charge < -0.3 is 0 Å². The van der Waals surface area contributed by atoms with Gasteiger partial charge in [0.15, 0.2) is 0 Å². The second-order valence-corrected chi connectivity index (χ2v) is 4.99. The van der Waals surface area contributed by atoms with Crippen molar-refractivity contribution in [2.24, 2.45) is 0 Å². The van der Waals surface area contributed by atoms with Crippen LogP contribution in [0.25, 0.3) is 0 Å². The van der Waals surface area contributed by atoms with Gasteiger partial charge in [-0.15, -0.1) is 11.3 Å². The Morgan fingerprint density at radius 1 is 1.27 bits per heavy atom. The van der Waals surface area contributed by atoms with Gasteiger partial charge in [-0.3, -0.25) is 4.79 Å². The molecule has 2 heteroatoms. The maximum atomic E-state index is 11.5. The molecule has 1 aromatic heterocycles. The van der Waals surface area contributed by atoms with Crippen molar-refractivity contribution < 1.29 is 4.79 Å². The molecule has 15 heavy (non-hydrogen) atoms. The van der Waals surface area contributed by atoms with Gasteiger partial charge in [-0.1, -0.05) is 38.7 Å². The molecule has 1 heterocycles. The fourth-order valence-corrected chi connectivity index (χ4v) is 2.35. The minimum atomic E-state index is 0.397. The van der Waals surface area contributed by atoms with Gasteiger partial charge in [0.1, 0.15) is 5.78 Å². The van der Waals surface area contributed by atoms with E-state index in [4.69, 9.17) is 0 Å². The summed E-state index contributed by atoms with van der Waals surface area (Å²) in [7, 11) is 0. The number of thiophene rings is 1. The average Bonchev–Trinajstić information content (AvgIpc) is 2.70. The summed E-state index contributed by atoms with van der Waals surface area (Å²) in [5.74, 6) is 0.397. The second-order valence-electron chi connectivity index (χ2n) is 3.96. The van der Waals surface area contributed by atoms with Crippen LogP contribution in [0.3, 0.4) is 0 Å². The van der Waals surface area contributed by atoms with E-state index in [1.54, 1.807) is 11.3 Å². The zero-order valence-electron chi connectivity index (χ0n) is 9.50. The largest absolute Gasteiger partial charge is 0.299 e. The summed E-state index contributed by atoms with van der Waals surface area (Å²) in [6.07, 6.45) is 7.55. The van der Waals surface area contributed by atoms with Gasteiger partial charge in [0.05, 0.1) is 0 Å². The quantitative estimate of drug-likeness (QED) is 0.604. The highest BCUT2D eigenvalue weighted by Crippen LogP contribution is 2.12. The van der Waals surface area contributed by atoms with Crippen LogP contribution in [0.5, 0.6) is 0 Å². The van der Waals surface area contributed by atoms with Crippen molar-refractivity contribution in [3.05, 3.63) is 22.4 Å². The Morgan fingerprint density at radius 2 is 2.07 bits per heavy atom. The highest BCUT2D eigenvalue weighted by atomic mass is 32.1. The molecule has 84 valence electrons. The summed E-state index contributed by atoms with van der Waals surface area (Å²) < 4.78 is 0. The van der Waals surface area contributed by atoms with E-state index in [9.17, 15) is 4.79 Å². The summed E-state index contributed by atoms with van der Waals surface area (Å²) in [5, 5.41) is 2.03. The van der Waals surface area contributed by atoms with E-state index in [2.05, 4.69) is 6.92 Å². The summed E-state index contributed by atoms with van der Waals surface area (Å²) in [6.45, 7) is 2.21. The fraction of sp³-hybridized carbons (Fsp3) is 0.615. The number of carbonyl (C=O) groups excluding carboxylic acids is 1. The van der Waals surface area contributed by atoms with Gasteiger partial charge >= 0.3 is 0 Å². The average molecular weight is 224 g/mol. The van der Waals surface area contributed by atoms with Crippen LogP contribution in [0.1, 0.15) is 50.3 Å². The van der Waals surface area contributed by atoms with Crippen molar-refractivity contribution in [3.63, 3.8) is 0 Å². The molecule has 0 aliphatic heterocycles. The first-order chi connectivity index (χ1) is 7.33. The van der Waals surface area contributed by atoms with Crippen molar-refractivity contribution in [1.29, 1.82) is 0 Å². The second kappa shape index (κ2) is 7.63. The maximum absolute atomic E-state index is 11.5. The molecule has 1 nitrogen and oxygen atoms in total. The minimum absolute atomic E-state index is 0.397. The molecule has 0 saturated heterocycles. The fourth-order valence-electron chi connectivity index (χ4n) is 1.62. The number of hydrogen-bond acceptors (Lipinski definition) is 2. The lowest BCUT2D eigenvalue weighted by Crippen LogP contribution is -2.00. The molecule has 0 bridgehead atoms. The molecule has 0 aliphatic rings.